The van der Waals surface area contributed by atoms with Crippen LogP contribution < -0.4 is 29.6 Å². The molecule has 1 N–H and O–H groups in total. The Balaban J connectivity index is -0.00000162. The molecule has 114 valence electrons. The van der Waals surface area contributed by atoms with Crippen molar-refractivity contribution in [3.63, 3.8) is 0 Å². The minimum absolute atomic E-state index is 0. The van der Waals surface area contributed by atoms with Crippen LogP contribution in [0.25, 0.3) is 0 Å². The number of hydrogen-bond acceptors (Lipinski definition) is 2. The summed E-state index contributed by atoms with van der Waals surface area (Å²) in [4.78, 5) is 20.4. The van der Waals surface area contributed by atoms with Gasteiger partial charge in [0.2, 0.25) is 0 Å². The molecule has 0 saturated heterocycles. The van der Waals surface area contributed by atoms with E-state index in [1.165, 1.54) is 57.8 Å². The van der Waals surface area contributed by atoms with Crippen LogP contribution in [0.1, 0.15) is 91.3 Å². The maximum atomic E-state index is 10.3. The average molecular weight is 294 g/mol. The molecule has 0 aliphatic rings. The predicted octanol–water partition coefficient (Wildman–Crippen LogP) is 1.85. The van der Waals surface area contributed by atoms with E-state index < -0.39 is 5.97 Å². The second-order valence-corrected chi connectivity index (χ2v) is 5.34. The Morgan fingerprint density at radius 2 is 1.10 bits per heavy atom. The Hall–Kier alpha value is 0.140. The molecule has 0 heterocycles. The molecule has 20 heavy (non-hydrogen) atoms. The summed E-state index contributed by atoms with van der Waals surface area (Å²) in [5.41, 5.74) is 0. The summed E-state index contributed by atoms with van der Waals surface area (Å²) >= 11 is 0. The quantitative estimate of drug-likeness (QED) is 0.285. The summed E-state index contributed by atoms with van der Waals surface area (Å²) in [5.74, 6) is -0.673. The normalized spacial score (nSPS) is 10.0. The molecule has 0 atom stereocenters. The third kappa shape index (κ3) is 20.5. The number of unbranched alkanes of at least 4 members (excludes halogenated alkanes) is 12. The topological polar surface area (TPSA) is 54.4 Å². The van der Waals surface area contributed by atoms with Gasteiger partial charge in [-0.2, -0.15) is 0 Å². The average Bonchev–Trinajstić information content (AvgIpc) is 2.39. The zero-order valence-corrected chi connectivity index (χ0v) is 15.2. The van der Waals surface area contributed by atoms with E-state index in [0.29, 0.717) is 6.42 Å². The molecule has 0 unspecified atom stereocenters. The Morgan fingerprint density at radius 1 is 0.750 bits per heavy atom. The first kappa shape index (κ1) is 22.4. The van der Waals surface area contributed by atoms with Crippen LogP contribution in [0.5, 0.6) is 0 Å². The largest absolute Gasteiger partial charge is 1.00 e. The van der Waals surface area contributed by atoms with Crippen LogP contribution in [-0.2, 0) is 9.59 Å². The summed E-state index contributed by atoms with van der Waals surface area (Å²) in [6.07, 6.45) is 16.4. The van der Waals surface area contributed by atoms with E-state index in [0.717, 1.165) is 32.0 Å². The predicted molar refractivity (Wildman–Crippen MR) is 79.4 cm³/mol. The molecule has 0 spiro atoms. The summed E-state index contributed by atoms with van der Waals surface area (Å²) in [7, 11) is 0. The van der Waals surface area contributed by atoms with Gasteiger partial charge < -0.3 is 11.3 Å². The molecule has 0 bridgehead atoms. The summed E-state index contributed by atoms with van der Waals surface area (Å²) in [6.45, 7) is 0. The Labute approximate surface area is 147 Å². The van der Waals surface area contributed by atoms with E-state index in [2.05, 4.69) is 0 Å². The van der Waals surface area contributed by atoms with E-state index in [4.69, 9.17) is 5.11 Å². The minimum Gasteiger partial charge on any atom is -1.00 e. The SMILES string of the molecule is O=CCCCCCCCCCCCCCCC(=O)O.[H-].[Na+]. The standard InChI is InChI=1S/C16H30O3.Na.H/c17-15-13-11-9-7-5-3-1-2-4-6-8-10-12-14-16(18)19;;/h15H,1-14H2,(H,18,19);;/q;+1;-1. The van der Waals surface area contributed by atoms with E-state index in [1.807, 2.05) is 0 Å². The molecule has 3 nitrogen and oxygen atoms in total. The second-order valence-electron chi connectivity index (χ2n) is 5.34. The van der Waals surface area contributed by atoms with E-state index in [-0.39, 0.29) is 31.0 Å². The van der Waals surface area contributed by atoms with Crippen molar-refractivity contribution >= 4 is 12.3 Å². The molecule has 0 aliphatic carbocycles. The van der Waals surface area contributed by atoms with Gasteiger partial charge in [0.15, 0.2) is 0 Å². The zero-order chi connectivity index (χ0) is 14.2. The van der Waals surface area contributed by atoms with Gasteiger partial charge in [-0.25, -0.2) is 0 Å². The van der Waals surface area contributed by atoms with Crippen molar-refractivity contribution < 1.29 is 45.7 Å². The van der Waals surface area contributed by atoms with Gasteiger partial charge in [0.1, 0.15) is 6.29 Å². The maximum Gasteiger partial charge on any atom is 1.00 e. The van der Waals surface area contributed by atoms with Crippen LogP contribution >= 0.6 is 0 Å². The van der Waals surface area contributed by atoms with Crippen molar-refractivity contribution in [3.05, 3.63) is 0 Å². The van der Waals surface area contributed by atoms with Crippen LogP contribution in [0, 0.1) is 0 Å². The molecule has 0 aliphatic heterocycles. The van der Waals surface area contributed by atoms with Crippen LogP contribution in [0.2, 0.25) is 0 Å². The first-order valence-electron chi connectivity index (χ1n) is 7.93. The van der Waals surface area contributed by atoms with Crippen LogP contribution in [-0.4, -0.2) is 17.4 Å². The maximum absolute atomic E-state index is 10.3. The van der Waals surface area contributed by atoms with Crippen LogP contribution in [0.4, 0.5) is 0 Å². The molecule has 0 aromatic carbocycles. The van der Waals surface area contributed by atoms with Gasteiger partial charge in [0.05, 0.1) is 0 Å². The Morgan fingerprint density at radius 3 is 1.45 bits per heavy atom. The second kappa shape index (κ2) is 19.1. The van der Waals surface area contributed by atoms with Gasteiger partial charge in [0, 0.05) is 12.8 Å². The van der Waals surface area contributed by atoms with Crippen molar-refractivity contribution in [1.29, 1.82) is 0 Å². The Kier molecular flexibility index (Phi) is 21.5. The molecule has 4 heteroatoms. The third-order valence-corrected chi connectivity index (χ3v) is 3.46. The van der Waals surface area contributed by atoms with Gasteiger partial charge in [0.25, 0.3) is 0 Å². The molecule has 0 radical (unpaired) electrons. The number of aldehydes is 1. The first-order chi connectivity index (χ1) is 9.27. The first-order valence-corrected chi connectivity index (χ1v) is 7.93. The smallest absolute Gasteiger partial charge is 1.00 e. The molecule has 0 rings (SSSR count). The summed E-state index contributed by atoms with van der Waals surface area (Å²) < 4.78 is 0. The van der Waals surface area contributed by atoms with Gasteiger partial charge in [-0.3, -0.25) is 4.79 Å². The molecule has 0 aromatic heterocycles. The molecule has 0 fully saturated rings. The third-order valence-electron chi connectivity index (χ3n) is 3.46. The number of carbonyl (C=O) groups is 2. The van der Waals surface area contributed by atoms with Crippen molar-refractivity contribution in [1.82, 2.24) is 0 Å². The Bertz CT molecular complexity index is 226. The molecular weight excluding hydrogens is 263 g/mol. The van der Waals surface area contributed by atoms with Gasteiger partial charge in [-0.05, 0) is 12.8 Å². The van der Waals surface area contributed by atoms with Crippen molar-refractivity contribution in [2.45, 2.75) is 89.9 Å². The van der Waals surface area contributed by atoms with Gasteiger partial charge in [-0.15, -0.1) is 0 Å². The number of carboxylic acids is 1. The zero-order valence-electron chi connectivity index (χ0n) is 14.2. The van der Waals surface area contributed by atoms with Crippen molar-refractivity contribution in [2.75, 3.05) is 0 Å². The molecule has 0 saturated carbocycles. The fourth-order valence-corrected chi connectivity index (χ4v) is 2.27. The molecule has 0 amide bonds. The number of rotatable bonds is 15. The van der Waals surface area contributed by atoms with Gasteiger partial charge in [-0.1, -0.05) is 64.2 Å². The molecular formula is C16H31NaO3. The minimum atomic E-state index is -0.673. The molecule has 0 aromatic rings. The van der Waals surface area contributed by atoms with Crippen LogP contribution in [0.15, 0.2) is 0 Å². The fraction of sp³-hybridized carbons (Fsp3) is 0.875. The van der Waals surface area contributed by atoms with E-state index in [9.17, 15) is 9.59 Å². The summed E-state index contributed by atoms with van der Waals surface area (Å²) in [6, 6.07) is 0. The van der Waals surface area contributed by atoms with E-state index >= 15 is 0 Å². The monoisotopic (exact) mass is 294 g/mol. The summed E-state index contributed by atoms with van der Waals surface area (Å²) in [5, 5.41) is 8.49. The van der Waals surface area contributed by atoms with Crippen molar-refractivity contribution in [3.8, 4) is 0 Å². The number of aliphatic carboxylic acids is 1. The van der Waals surface area contributed by atoms with Crippen LogP contribution in [0.3, 0.4) is 0 Å². The number of hydrogen-bond donors (Lipinski definition) is 1. The number of carboxylic acid groups (broad SMARTS) is 1. The van der Waals surface area contributed by atoms with E-state index in [1.54, 1.807) is 0 Å². The fourth-order valence-electron chi connectivity index (χ4n) is 2.27. The van der Waals surface area contributed by atoms with Gasteiger partial charge >= 0.3 is 35.5 Å². The van der Waals surface area contributed by atoms with Crippen molar-refractivity contribution in [2.24, 2.45) is 0 Å². The number of carbonyl (C=O) groups excluding carboxylic acids is 1.